The van der Waals surface area contributed by atoms with Crippen LogP contribution in [-0.2, 0) is 0 Å². The highest BCUT2D eigenvalue weighted by molar-refractivity contribution is 4.93. The fourth-order valence-electron chi connectivity index (χ4n) is 2.58. The zero-order valence-electron chi connectivity index (χ0n) is 9.60. The molecule has 0 aromatic rings. The molecule has 0 aromatic heterocycles. The molecule has 2 N–H and O–H groups in total. The van der Waals surface area contributed by atoms with Crippen LogP contribution >= 0.6 is 0 Å². The smallest absolute Gasteiger partial charge is 0.0210 e. The van der Waals surface area contributed by atoms with Crippen LogP contribution in [0.5, 0.6) is 0 Å². The van der Waals surface area contributed by atoms with Gasteiger partial charge in [-0.25, -0.2) is 0 Å². The first-order chi connectivity index (χ1) is 6.66. The van der Waals surface area contributed by atoms with Crippen molar-refractivity contribution in [1.82, 2.24) is 10.6 Å². The summed E-state index contributed by atoms with van der Waals surface area (Å²) in [6, 6.07) is 0.713. The Balaban J connectivity index is 1.57. The Bertz CT molecular complexity index is 185. The topological polar surface area (TPSA) is 24.1 Å². The summed E-state index contributed by atoms with van der Waals surface area (Å²) in [5, 5.41) is 7.22. The third kappa shape index (κ3) is 2.71. The second-order valence-electron chi connectivity index (χ2n) is 5.71. The molecule has 2 nitrogen and oxygen atoms in total. The molecule has 1 aliphatic carbocycles. The van der Waals surface area contributed by atoms with Gasteiger partial charge in [0.2, 0.25) is 0 Å². The van der Waals surface area contributed by atoms with Gasteiger partial charge in [0.05, 0.1) is 0 Å². The van der Waals surface area contributed by atoms with E-state index in [0.717, 1.165) is 12.5 Å². The van der Waals surface area contributed by atoms with Crippen LogP contribution in [0.15, 0.2) is 0 Å². The van der Waals surface area contributed by atoms with E-state index in [1.807, 2.05) is 0 Å². The van der Waals surface area contributed by atoms with Gasteiger partial charge in [-0.1, -0.05) is 19.3 Å². The van der Waals surface area contributed by atoms with Crippen LogP contribution < -0.4 is 10.6 Å². The van der Waals surface area contributed by atoms with Gasteiger partial charge in [-0.2, -0.15) is 0 Å². The molecule has 82 valence electrons. The minimum absolute atomic E-state index is 0.355. The number of nitrogens with one attached hydrogen (secondary N) is 2. The van der Waals surface area contributed by atoms with Crippen LogP contribution in [0.3, 0.4) is 0 Å². The summed E-state index contributed by atoms with van der Waals surface area (Å²) < 4.78 is 0. The fraction of sp³-hybridized carbons (Fsp3) is 1.00. The maximum Gasteiger partial charge on any atom is 0.0210 e. The van der Waals surface area contributed by atoms with E-state index >= 15 is 0 Å². The molecule has 1 aliphatic heterocycles. The van der Waals surface area contributed by atoms with Crippen LogP contribution in [0.1, 0.15) is 46.0 Å². The molecule has 1 saturated heterocycles. The van der Waals surface area contributed by atoms with Gasteiger partial charge in [-0.15, -0.1) is 0 Å². The Labute approximate surface area is 87.8 Å². The van der Waals surface area contributed by atoms with E-state index in [1.54, 1.807) is 0 Å². The summed E-state index contributed by atoms with van der Waals surface area (Å²) in [7, 11) is 0. The number of rotatable bonds is 4. The number of hydrogen-bond acceptors (Lipinski definition) is 2. The van der Waals surface area contributed by atoms with Crippen molar-refractivity contribution in [3.63, 3.8) is 0 Å². The van der Waals surface area contributed by atoms with E-state index in [0.29, 0.717) is 11.6 Å². The molecular weight excluding hydrogens is 172 g/mol. The van der Waals surface area contributed by atoms with Crippen LogP contribution in [-0.4, -0.2) is 24.7 Å². The standard InChI is InChI=1S/C12H24N2/c1-12(2)8-11(9-14-12)13-7-6-10-4-3-5-10/h10-11,13-14H,3-9H2,1-2H3. The zero-order valence-corrected chi connectivity index (χ0v) is 9.60. The molecule has 1 atom stereocenters. The average Bonchev–Trinajstić information content (AvgIpc) is 2.36. The molecule has 1 saturated carbocycles. The van der Waals surface area contributed by atoms with Crippen LogP contribution in [0.2, 0.25) is 0 Å². The third-order valence-electron chi connectivity index (χ3n) is 3.79. The summed E-state index contributed by atoms with van der Waals surface area (Å²) >= 11 is 0. The van der Waals surface area contributed by atoms with E-state index in [4.69, 9.17) is 0 Å². The Kier molecular flexibility index (Phi) is 3.13. The van der Waals surface area contributed by atoms with E-state index in [-0.39, 0.29) is 0 Å². The maximum atomic E-state index is 3.67. The first-order valence-electron chi connectivity index (χ1n) is 6.14. The minimum atomic E-state index is 0.355. The lowest BCUT2D eigenvalue weighted by molar-refractivity contribution is 0.287. The Morgan fingerprint density at radius 1 is 1.36 bits per heavy atom. The normalized spacial score (nSPS) is 31.7. The van der Waals surface area contributed by atoms with Crippen molar-refractivity contribution in [2.24, 2.45) is 5.92 Å². The monoisotopic (exact) mass is 196 g/mol. The highest BCUT2D eigenvalue weighted by Crippen LogP contribution is 2.29. The molecule has 1 heterocycles. The third-order valence-corrected chi connectivity index (χ3v) is 3.79. The molecule has 1 unspecified atom stereocenters. The lowest BCUT2D eigenvalue weighted by atomic mass is 9.83. The van der Waals surface area contributed by atoms with Gasteiger partial charge in [0.15, 0.2) is 0 Å². The molecular formula is C12H24N2. The molecule has 0 amide bonds. The Morgan fingerprint density at radius 3 is 2.64 bits per heavy atom. The van der Waals surface area contributed by atoms with Crippen LogP contribution in [0, 0.1) is 5.92 Å². The summed E-state index contributed by atoms with van der Waals surface area (Å²) in [6.45, 7) is 6.96. The minimum Gasteiger partial charge on any atom is -0.313 e. The van der Waals surface area contributed by atoms with Crippen LogP contribution in [0.25, 0.3) is 0 Å². The molecule has 2 rings (SSSR count). The molecule has 2 aliphatic rings. The fourth-order valence-corrected chi connectivity index (χ4v) is 2.58. The number of hydrogen-bond donors (Lipinski definition) is 2. The predicted octanol–water partition coefficient (Wildman–Crippen LogP) is 1.91. The van der Waals surface area contributed by atoms with Crippen molar-refractivity contribution in [2.45, 2.75) is 57.5 Å². The lowest BCUT2D eigenvalue weighted by Gasteiger charge is -2.26. The molecule has 14 heavy (non-hydrogen) atoms. The largest absolute Gasteiger partial charge is 0.313 e. The lowest BCUT2D eigenvalue weighted by Crippen LogP contribution is -2.33. The first kappa shape index (κ1) is 10.4. The molecule has 0 aromatic carbocycles. The molecule has 0 bridgehead atoms. The van der Waals surface area contributed by atoms with Gasteiger partial charge in [-0.05, 0) is 39.2 Å². The van der Waals surface area contributed by atoms with Crippen molar-refractivity contribution in [3.05, 3.63) is 0 Å². The first-order valence-corrected chi connectivity index (χ1v) is 6.14. The summed E-state index contributed by atoms with van der Waals surface area (Å²) in [4.78, 5) is 0. The van der Waals surface area contributed by atoms with Crippen LogP contribution in [0.4, 0.5) is 0 Å². The van der Waals surface area contributed by atoms with Gasteiger partial charge in [0, 0.05) is 18.1 Å². The molecule has 0 spiro atoms. The molecule has 0 radical (unpaired) electrons. The second kappa shape index (κ2) is 4.19. The Morgan fingerprint density at radius 2 is 2.14 bits per heavy atom. The summed E-state index contributed by atoms with van der Waals surface area (Å²) in [5.74, 6) is 1.05. The quantitative estimate of drug-likeness (QED) is 0.717. The van der Waals surface area contributed by atoms with Crippen molar-refractivity contribution in [1.29, 1.82) is 0 Å². The van der Waals surface area contributed by atoms with Gasteiger partial charge in [0.25, 0.3) is 0 Å². The van der Waals surface area contributed by atoms with Gasteiger partial charge >= 0.3 is 0 Å². The second-order valence-corrected chi connectivity index (χ2v) is 5.71. The summed E-state index contributed by atoms with van der Waals surface area (Å²) in [6.07, 6.45) is 7.11. The molecule has 2 fully saturated rings. The Hall–Kier alpha value is -0.0800. The van der Waals surface area contributed by atoms with E-state index in [9.17, 15) is 0 Å². The molecule has 2 heteroatoms. The van der Waals surface area contributed by atoms with Crippen molar-refractivity contribution in [2.75, 3.05) is 13.1 Å². The van der Waals surface area contributed by atoms with Crippen molar-refractivity contribution >= 4 is 0 Å². The average molecular weight is 196 g/mol. The highest BCUT2D eigenvalue weighted by atomic mass is 15.1. The SMILES string of the molecule is CC1(C)CC(NCCC2CCC2)CN1. The van der Waals surface area contributed by atoms with Gasteiger partial charge in [0.1, 0.15) is 0 Å². The zero-order chi connectivity index (χ0) is 10.0. The predicted molar refractivity (Wildman–Crippen MR) is 60.4 cm³/mol. The van der Waals surface area contributed by atoms with E-state index in [2.05, 4.69) is 24.5 Å². The highest BCUT2D eigenvalue weighted by Gasteiger charge is 2.29. The van der Waals surface area contributed by atoms with E-state index < -0.39 is 0 Å². The maximum absolute atomic E-state index is 3.67. The van der Waals surface area contributed by atoms with Crippen molar-refractivity contribution < 1.29 is 0 Å². The van der Waals surface area contributed by atoms with Crippen molar-refractivity contribution in [3.8, 4) is 0 Å². The van der Waals surface area contributed by atoms with Gasteiger partial charge < -0.3 is 10.6 Å². The van der Waals surface area contributed by atoms with E-state index in [1.165, 1.54) is 38.6 Å². The van der Waals surface area contributed by atoms with Gasteiger partial charge in [-0.3, -0.25) is 0 Å². The summed E-state index contributed by atoms with van der Waals surface area (Å²) in [5.41, 5.74) is 0.355.